The van der Waals surface area contributed by atoms with Crippen LogP contribution >= 0.6 is 0 Å². The van der Waals surface area contributed by atoms with E-state index in [1.165, 1.54) is 0 Å². The molecule has 0 radical (unpaired) electrons. The number of piperazine rings is 1. The molecule has 6 fully saturated rings. The van der Waals surface area contributed by atoms with E-state index in [1.807, 2.05) is 70.4 Å². The summed E-state index contributed by atoms with van der Waals surface area (Å²) >= 11 is 0. The minimum atomic E-state index is -0.668. The molecule has 4 amide bonds. The highest BCUT2D eigenvalue weighted by Crippen LogP contribution is 2.32. The van der Waals surface area contributed by atoms with Crippen molar-refractivity contribution in [1.82, 2.24) is 40.2 Å². The van der Waals surface area contributed by atoms with E-state index in [0.717, 1.165) is 163 Å². The molecule has 1 aromatic carbocycles. The first-order chi connectivity index (χ1) is 35.1. The molecule has 3 atom stereocenters. The van der Waals surface area contributed by atoms with Crippen LogP contribution in [0, 0.1) is 5.92 Å². The number of anilines is 2. The molecule has 2 aromatic heterocycles. The summed E-state index contributed by atoms with van der Waals surface area (Å²) in [5.74, 6) is 0.190. The van der Waals surface area contributed by atoms with Gasteiger partial charge in [0.15, 0.2) is 0 Å². The van der Waals surface area contributed by atoms with Crippen LogP contribution in [0.25, 0.3) is 6.08 Å². The molecular formula is C56H76N10O6. The number of likely N-dealkylation sites (tertiary alicyclic amines) is 3. The minimum Gasteiger partial charge on any atom is -0.375 e. The number of nitrogens with one attached hydrogen (secondary N) is 3. The third kappa shape index (κ3) is 12.3. The second kappa shape index (κ2) is 23.2. The van der Waals surface area contributed by atoms with Crippen molar-refractivity contribution >= 4 is 41.1 Å². The monoisotopic (exact) mass is 985 g/mol. The molecule has 2 saturated carbocycles. The summed E-state index contributed by atoms with van der Waals surface area (Å²) in [6.45, 7) is 10.6. The first-order valence-electron chi connectivity index (χ1n) is 27.4. The third-order valence-corrected chi connectivity index (χ3v) is 16.5. The van der Waals surface area contributed by atoms with Gasteiger partial charge in [0.1, 0.15) is 18.0 Å². The van der Waals surface area contributed by atoms with Crippen molar-refractivity contribution in [3.8, 4) is 0 Å². The van der Waals surface area contributed by atoms with Crippen molar-refractivity contribution < 1.29 is 29.0 Å². The van der Waals surface area contributed by atoms with Crippen LogP contribution in [0.2, 0.25) is 0 Å². The van der Waals surface area contributed by atoms with Gasteiger partial charge in [0.25, 0.3) is 11.8 Å². The fourth-order valence-corrected chi connectivity index (χ4v) is 11.9. The topological polar surface area (TPSA) is 176 Å². The van der Waals surface area contributed by atoms with Crippen molar-refractivity contribution in [2.75, 3.05) is 82.2 Å². The Morgan fingerprint density at radius 2 is 1.53 bits per heavy atom. The van der Waals surface area contributed by atoms with Gasteiger partial charge in [-0.1, -0.05) is 38.3 Å². The number of carbonyl (C=O) groups is 4. The van der Waals surface area contributed by atoms with Crippen molar-refractivity contribution in [1.29, 1.82) is 0 Å². The Bertz CT molecular complexity index is 2400. The lowest BCUT2D eigenvalue weighted by Crippen LogP contribution is -2.55. The van der Waals surface area contributed by atoms with Gasteiger partial charge >= 0.3 is 0 Å². The maximum absolute atomic E-state index is 14.4. The van der Waals surface area contributed by atoms with Gasteiger partial charge in [0.05, 0.1) is 42.0 Å². The molecule has 5 aliphatic heterocycles. The van der Waals surface area contributed by atoms with Crippen molar-refractivity contribution in [2.24, 2.45) is 5.92 Å². The van der Waals surface area contributed by atoms with E-state index in [4.69, 9.17) is 4.74 Å². The molecule has 10 rings (SSSR count). The van der Waals surface area contributed by atoms with E-state index < -0.39 is 12.3 Å². The number of aliphatic hydroxyl groups excluding tert-OH is 1. The number of nitrogens with zero attached hydrogens (tertiary/aromatic N) is 7. The SMILES string of the molecule is CCC1=Cc2ncc(CN3CCN(c4ccc(C(=O)N5CCC(OC6CCN(C(=O)[C@H](NC(=O)c7cccc(C8CCCN(C(=O)CNC9CC9)C8)c7)C7CCCCC7)CC6)CC5)nc4)CC3)cc2NC1O. The van der Waals surface area contributed by atoms with E-state index in [1.54, 1.807) is 0 Å². The zero-order valence-electron chi connectivity index (χ0n) is 42.3. The Kier molecular flexibility index (Phi) is 16.2. The quantitative estimate of drug-likeness (QED) is 0.145. The Morgan fingerprint density at radius 3 is 2.24 bits per heavy atom. The molecule has 0 spiro atoms. The standard InChI is InChI=1S/C56H76N10O6/c1-2-39-32-49-50(60-53(39)68)30-38(33-58-49)36-62-26-28-63(29-27-62)45-15-16-48(59-34-45)55(70)64-22-17-46(18-23-64)72-47-19-24-65(25-20-47)56(71)52(40-8-4-3-5-9-40)61-54(69)42-11-6-10-41(31-42)43-12-7-21-66(37-43)51(67)35-57-44-13-14-44/h6,10-11,15-16,30-34,40,43-44,46-47,52-53,57,60,68H,2-5,7-9,12-14,17-29,35-37H2,1H3,(H,61,69)/t43?,52-,53?/m1/s1. The van der Waals surface area contributed by atoms with Gasteiger partial charge in [-0.3, -0.25) is 29.1 Å². The van der Waals surface area contributed by atoms with Gasteiger partial charge in [-0.25, -0.2) is 4.98 Å². The molecular weight excluding hydrogens is 909 g/mol. The molecule has 2 aliphatic carbocycles. The number of fused-ring (bicyclic) bond motifs is 1. The van der Waals surface area contributed by atoms with Crippen LogP contribution in [0.1, 0.15) is 140 Å². The summed E-state index contributed by atoms with van der Waals surface area (Å²) in [5.41, 5.74) is 6.91. The fourth-order valence-electron chi connectivity index (χ4n) is 11.9. The predicted octanol–water partition coefficient (Wildman–Crippen LogP) is 5.79. The minimum absolute atomic E-state index is 0.0153. The van der Waals surface area contributed by atoms with E-state index in [9.17, 15) is 24.3 Å². The molecule has 16 heteroatoms. The lowest BCUT2D eigenvalue weighted by Gasteiger charge is -2.39. The first kappa shape index (κ1) is 50.1. The molecule has 7 aliphatic rings. The summed E-state index contributed by atoms with van der Waals surface area (Å²) in [6, 6.07) is 13.7. The summed E-state index contributed by atoms with van der Waals surface area (Å²) < 4.78 is 6.64. The van der Waals surface area contributed by atoms with Crippen molar-refractivity contribution in [2.45, 2.75) is 140 Å². The largest absolute Gasteiger partial charge is 0.375 e. The van der Waals surface area contributed by atoms with Gasteiger partial charge in [-0.2, -0.15) is 0 Å². The molecule has 4 saturated heterocycles. The number of hydrogen-bond donors (Lipinski definition) is 4. The molecule has 2 unspecified atom stereocenters. The molecule has 4 N–H and O–H groups in total. The Hall–Kier alpha value is -5.42. The van der Waals surface area contributed by atoms with E-state index in [0.29, 0.717) is 56.6 Å². The highest BCUT2D eigenvalue weighted by atomic mass is 16.5. The Balaban J connectivity index is 0.656. The number of pyridine rings is 2. The number of benzene rings is 1. The number of ether oxygens (including phenoxy) is 1. The molecule has 72 heavy (non-hydrogen) atoms. The second-order valence-electron chi connectivity index (χ2n) is 21.5. The smallest absolute Gasteiger partial charge is 0.272 e. The molecule has 16 nitrogen and oxygen atoms in total. The number of aliphatic hydroxyl groups is 1. The van der Waals surface area contributed by atoms with E-state index in [-0.39, 0.29) is 47.7 Å². The summed E-state index contributed by atoms with van der Waals surface area (Å²) in [7, 11) is 0. The molecule has 0 bridgehead atoms. The maximum Gasteiger partial charge on any atom is 0.272 e. The van der Waals surface area contributed by atoms with E-state index >= 15 is 0 Å². The average Bonchev–Trinajstić information content (AvgIpc) is 4.27. The van der Waals surface area contributed by atoms with Crippen LogP contribution < -0.4 is 20.9 Å². The fraction of sp³-hybridized carbons (Fsp3) is 0.607. The number of piperidine rings is 3. The molecule has 386 valence electrons. The zero-order chi connectivity index (χ0) is 49.6. The second-order valence-corrected chi connectivity index (χ2v) is 21.5. The predicted molar refractivity (Wildman–Crippen MR) is 277 cm³/mol. The first-order valence-corrected chi connectivity index (χ1v) is 27.4. The Labute approximate surface area is 425 Å². The van der Waals surface area contributed by atoms with Crippen molar-refractivity contribution in [3.63, 3.8) is 0 Å². The maximum atomic E-state index is 14.4. The zero-order valence-corrected chi connectivity index (χ0v) is 42.3. The number of rotatable bonds is 15. The number of carbonyl (C=O) groups excluding carboxylic acids is 4. The van der Waals surface area contributed by atoms with Gasteiger partial charge < -0.3 is 45.4 Å². The van der Waals surface area contributed by atoms with Crippen LogP contribution in [0.15, 0.2) is 60.4 Å². The number of hydrogen-bond acceptors (Lipinski definition) is 12. The van der Waals surface area contributed by atoms with Gasteiger partial charge in [-0.05, 0) is 130 Å². The van der Waals surface area contributed by atoms with Crippen LogP contribution in [0.3, 0.4) is 0 Å². The number of amides is 4. The van der Waals surface area contributed by atoms with Gasteiger partial charge in [0, 0.05) is 95.7 Å². The van der Waals surface area contributed by atoms with Crippen molar-refractivity contribution in [3.05, 3.63) is 88.5 Å². The number of aromatic nitrogens is 2. The van der Waals surface area contributed by atoms with Crippen LogP contribution in [0.4, 0.5) is 11.4 Å². The highest BCUT2D eigenvalue weighted by molar-refractivity contribution is 5.98. The summed E-state index contributed by atoms with van der Waals surface area (Å²) in [6.07, 6.45) is 18.3. The van der Waals surface area contributed by atoms with Crippen LogP contribution in [0.5, 0.6) is 0 Å². The van der Waals surface area contributed by atoms with Crippen LogP contribution in [-0.2, 0) is 20.9 Å². The lowest BCUT2D eigenvalue weighted by molar-refractivity contribution is -0.139. The van der Waals surface area contributed by atoms with E-state index in [2.05, 4.69) is 47.9 Å². The molecule has 7 heterocycles. The normalized spacial score (nSPS) is 23.2. The Morgan fingerprint density at radius 1 is 0.778 bits per heavy atom. The lowest BCUT2D eigenvalue weighted by atomic mass is 9.83. The third-order valence-electron chi connectivity index (χ3n) is 16.5. The summed E-state index contributed by atoms with van der Waals surface area (Å²) in [5, 5.41) is 20.2. The van der Waals surface area contributed by atoms with Gasteiger partial charge in [-0.15, -0.1) is 0 Å². The van der Waals surface area contributed by atoms with Crippen LogP contribution in [-0.4, -0.2) is 161 Å². The highest BCUT2D eigenvalue weighted by Gasteiger charge is 2.37. The average molecular weight is 985 g/mol. The molecule has 3 aromatic rings. The van der Waals surface area contributed by atoms with Gasteiger partial charge in [0.2, 0.25) is 11.8 Å². The summed E-state index contributed by atoms with van der Waals surface area (Å²) in [4.78, 5) is 74.8.